The number of aryl methyl sites for hydroxylation is 1. The summed E-state index contributed by atoms with van der Waals surface area (Å²) in [5.41, 5.74) is 1.10. The molecular formula is C23H34N2O4. The predicted octanol–water partition coefficient (Wildman–Crippen LogP) is 2.95. The van der Waals surface area contributed by atoms with E-state index in [1.165, 1.54) is 0 Å². The molecule has 0 saturated carbocycles. The normalized spacial score (nSPS) is 18.6. The van der Waals surface area contributed by atoms with E-state index in [-0.39, 0.29) is 29.6 Å². The fourth-order valence-electron chi connectivity index (χ4n) is 3.66. The highest BCUT2D eigenvalue weighted by atomic mass is 16.5. The van der Waals surface area contributed by atoms with Crippen molar-refractivity contribution < 1.29 is 19.1 Å². The third-order valence-corrected chi connectivity index (χ3v) is 5.63. The maximum atomic E-state index is 13.2. The molecule has 0 aliphatic carbocycles. The first-order valence-electron chi connectivity index (χ1n) is 10.7. The van der Waals surface area contributed by atoms with Gasteiger partial charge in [0.2, 0.25) is 11.8 Å². The van der Waals surface area contributed by atoms with E-state index in [1.54, 1.807) is 11.8 Å². The van der Waals surface area contributed by atoms with Crippen molar-refractivity contribution in [3.63, 3.8) is 0 Å². The molecule has 160 valence electrons. The molecule has 2 rings (SSSR count). The lowest BCUT2D eigenvalue weighted by Crippen LogP contribution is -2.54. The number of nitrogens with zero attached hydrogens (tertiary/aromatic N) is 1. The fraction of sp³-hybridized carbons (Fsp3) is 0.609. The Morgan fingerprint density at radius 1 is 1.21 bits per heavy atom. The van der Waals surface area contributed by atoms with Gasteiger partial charge in [-0.15, -0.1) is 0 Å². The molecule has 0 aromatic heterocycles. The van der Waals surface area contributed by atoms with Crippen LogP contribution in [0.15, 0.2) is 30.3 Å². The zero-order chi connectivity index (χ0) is 21.2. The summed E-state index contributed by atoms with van der Waals surface area (Å²) in [6, 6.07) is 9.28. The van der Waals surface area contributed by atoms with E-state index < -0.39 is 6.04 Å². The van der Waals surface area contributed by atoms with Gasteiger partial charge in [0.25, 0.3) is 0 Å². The Morgan fingerprint density at radius 3 is 2.59 bits per heavy atom. The van der Waals surface area contributed by atoms with E-state index in [1.807, 2.05) is 44.2 Å². The van der Waals surface area contributed by atoms with Crippen molar-refractivity contribution in [1.82, 2.24) is 10.2 Å². The number of carbonyl (C=O) groups excluding carboxylic acids is 3. The van der Waals surface area contributed by atoms with Crippen LogP contribution >= 0.6 is 0 Å². The number of hydrogen-bond acceptors (Lipinski definition) is 4. The van der Waals surface area contributed by atoms with Gasteiger partial charge in [-0.2, -0.15) is 0 Å². The van der Waals surface area contributed by atoms with Gasteiger partial charge in [-0.1, -0.05) is 50.6 Å². The third-order valence-electron chi connectivity index (χ3n) is 5.63. The maximum Gasteiger partial charge on any atom is 0.310 e. The lowest BCUT2D eigenvalue weighted by atomic mass is 9.93. The summed E-state index contributed by atoms with van der Waals surface area (Å²) in [6.45, 7) is 7.10. The van der Waals surface area contributed by atoms with Crippen LogP contribution in [0.25, 0.3) is 0 Å². The van der Waals surface area contributed by atoms with Gasteiger partial charge >= 0.3 is 5.97 Å². The Labute approximate surface area is 174 Å². The van der Waals surface area contributed by atoms with Crippen molar-refractivity contribution in [2.24, 2.45) is 11.8 Å². The van der Waals surface area contributed by atoms with Crippen molar-refractivity contribution in [2.45, 2.75) is 58.9 Å². The number of amides is 2. The number of piperidine rings is 1. The summed E-state index contributed by atoms with van der Waals surface area (Å²) in [4.78, 5) is 39.5. The summed E-state index contributed by atoms with van der Waals surface area (Å²) < 4.78 is 5.13. The van der Waals surface area contributed by atoms with Gasteiger partial charge in [-0.25, -0.2) is 0 Å². The molecule has 1 aromatic carbocycles. The summed E-state index contributed by atoms with van der Waals surface area (Å²) in [5.74, 6) is -0.713. The molecule has 1 heterocycles. The van der Waals surface area contributed by atoms with Gasteiger partial charge < -0.3 is 15.0 Å². The van der Waals surface area contributed by atoms with Crippen LogP contribution in [0.2, 0.25) is 0 Å². The monoisotopic (exact) mass is 402 g/mol. The van der Waals surface area contributed by atoms with Gasteiger partial charge in [-0.3, -0.25) is 14.4 Å². The molecule has 1 fully saturated rings. The van der Waals surface area contributed by atoms with Crippen molar-refractivity contribution in [3.05, 3.63) is 35.9 Å². The number of hydrogen-bond donors (Lipinski definition) is 1. The molecule has 1 N–H and O–H groups in total. The Kier molecular flexibility index (Phi) is 9.16. The van der Waals surface area contributed by atoms with Gasteiger partial charge in [-0.05, 0) is 37.7 Å². The second kappa shape index (κ2) is 11.6. The van der Waals surface area contributed by atoms with Gasteiger partial charge in [0.05, 0.1) is 12.5 Å². The zero-order valence-electron chi connectivity index (χ0n) is 17.9. The quantitative estimate of drug-likeness (QED) is 0.645. The molecule has 0 radical (unpaired) electrons. The molecule has 2 amide bonds. The highest BCUT2D eigenvalue weighted by Gasteiger charge is 2.34. The lowest BCUT2D eigenvalue weighted by Gasteiger charge is -2.35. The number of carbonyl (C=O) groups is 3. The van der Waals surface area contributed by atoms with Crippen LogP contribution in [0.5, 0.6) is 0 Å². The average molecular weight is 403 g/mol. The lowest BCUT2D eigenvalue weighted by molar-refractivity contribution is -0.152. The van der Waals surface area contributed by atoms with E-state index in [4.69, 9.17) is 4.74 Å². The molecule has 1 saturated heterocycles. The number of ether oxygens (including phenoxy) is 1. The van der Waals surface area contributed by atoms with Crippen molar-refractivity contribution >= 4 is 17.8 Å². The van der Waals surface area contributed by atoms with Crippen LogP contribution in [0.3, 0.4) is 0 Å². The number of likely N-dealkylation sites (tertiary alicyclic amines) is 1. The third kappa shape index (κ3) is 6.87. The summed E-state index contributed by atoms with van der Waals surface area (Å²) in [5, 5.41) is 2.96. The molecule has 1 aromatic rings. The maximum absolute atomic E-state index is 13.2. The van der Waals surface area contributed by atoms with Gasteiger partial charge in [0.15, 0.2) is 0 Å². The molecular weight excluding hydrogens is 368 g/mol. The molecule has 6 heteroatoms. The summed E-state index contributed by atoms with van der Waals surface area (Å²) in [7, 11) is 0. The molecule has 1 aliphatic heterocycles. The number of benzene rings is 1. The number of rotatable bonds is 9. The average Bonchev–Trinajstić information content (AvgIpc) is 2.76. The van der Waals surface area contributed by atoms with Gasteiger partial charge in [0.1, 0.15) is 6.04 Å². The highest BCUT2D eigenvalue weighted by Crippen LogP contribution is 2.21. The Balaban J connectivity index is 1.98. The number of nitrogens with one attached hydrogen (secondary N) is 1. The number of esters is 1. The first-order valence-corrected chi connectivity index (χ1v) is 10.7. The van der Waals surface area contributed by atoms with E-state index in [0.717, 1.165) is 24.8 Å². The smallest absolute Gasteiger partial charge is 0.310 e. The minimum absolute atomic E-state index is 0.0196. The highest BCUT2D eigenvalue weighted by molar-refractivity contribution is 5.88. The van der Waals surface area contributed by atoms with Crippen LogP contribution in [0.4, 0.5) is 0 Å². The largest absolute Gasteiger partial charge is 0.466 e. The van der Waals surface area contributed by atoms with E-state index >= 15 is 0 Å². The minimum atomic E-state index is -0.566. The van der Waals surface area contributed by atoms with Crippen LogP contribution in [0, 0.1) is 11.8 Å². The van der Waals surface area contributed by atoms with E-state index in [0.29, 0.717) is 32.5 Å². The van der Waals surface area contributed by atoms with Crippen LogP contribution < -0.4 is 5.32 Å². The molecule has 29 heavy (non-hydrogen) atoms. The van der Waals surface area contributed by atoms with Crippen molar-refractivity contribution in [2.75, 3.05) is 19.7 Å². The predicted molar refractivity (Wildman–Crippen MR) is 112 cm³/mol. The Hall–Kier alpha value is -2.37. The summed E-state index contributed by atoms with van der Waals surface area (Å²) in [6.07, 6.45) is 3.27. The molecule has 0 bridgehead atoms. The van der Waals surface area contributed by atoms with Gasteiger partial charge in [0, 0.05) is 19.5 Å². The van der Waals surface area contributed by atoms with Crippen LogP contribution in [-0.4, -0.2) is 48.4 Å². The zero-order valence-corrected chi connectivity index (χ0v) is 17.9. The molecule has 1 aliphatic rings. The SMILES string of the molecule is CCOC(=O)C1CCCN(C(=O)C(NC(=O)CCc2ccccc2)C(C)CC)C1. The standard InChI is InChI=1S/C23H34N2O4/c1-4-17(3)21(24-20(26)14-13-18-10-7-6-8-11-18)22(27)25-15-9-12-19(16-25)23(28)29-5-2/h6-8,10-11,17,19,21H,4-5,9,12-16H2,1-3H3,(H,24,26). The Bertz CT molecular complexity index is 677. The molecule has 3 unspecified atom stereocenters. The van der Waals surface area contributed by atoms with Crippen molar-refractivity contribution in [1.29, 1.82) is 0 Å². The topological polar surface area (TPSA) is 75.7 Å². The van der Waals surface area contributed by atoms with E-state index in [9.17, 15) is 14.4 Å². The second-order valence-electron chi connectivity index (χ2n) is 7.79. The van der Waals surface area contributed by atoms with Crippen LogP contribution in [0.1, 0.15) is 52.0 Å². The molecule has 0 spiro atoms. The summed E-state index contributed by atoms with van der Waals surface area (Å²) >= 11 is 0. The second-order valence-corrected chi connectivity index (χ2v) is 7.79. The first kappa shape index (κ1) is 22.9. The van der Waals surface area contributed by atoms with Crippen LogP contribution in [-0.2, 0) is 25.5 Å². The van der Waals surface area contributed by atoms with Crippen molar-refractivity contribution in [3.8, 4) is 0 Å². The molecule has 6 nitrogen and oxygen atoms in total. The minimum Gasteiger partial charge on any atom is -0.466 e. The fourth-order valence-corrected chi connectivity index (χ4v) is 3.66. The van der Waals surface area contributed by atoms with E-state index in [2.05, 4.69) is 5.32 Å². The first-order chi connectivity index (χ1) is 14.0. The Morgan fingerprint density at radius 2 is 1.93 bits per heavy atom. The molecule has 3 atom stereocenters.